The molecule has 0 radical (unpaired) electrons. The van der Waals surface area contributed by atoms with Crippen LogP contribution in [0.3, 0.4) is 0 Å². The van der Waals surface area contributed by atoms with Crippen LogP contribution in [-0.2, 0) is 6.42 Å². The Morgan fingerprint density at radius 1 is 1.44 bits per heavy atom. The number of hydrogen-bond acceptors (Lipinski definition) is 1. The fourth-order valence-corrected chi connectivity index (χ4v) is 3.41. The van der Waals surface area contributed by atoms with E-state index >= 15 is 0 Å². The van der Waals surface area contributed by atoms with Crippen molar-refractivity contribution in [1.82, 2.24) is 0 Å². The lowest BCUT2D eigenvalue weighted by Gasteiger charge is -2.41. The van der Waals surface area contributed by atoms with Crippen molar-refractivity contribution in [2.24, 2.45) is 11.7 Å². The van der Waals surface area contributed by atoms with Crippen molar-refractivity contribution < 1.29 is 4.39 Å². The summed E-state index contributed by atoms with van der Waals surface area (Å²) < 4.78 is 14.0. The van der Waals surface area contributed by atoms with Gasteiger partial charge in [-0.15, -0.1) is 0 Å². The van der Waals surface area contributed by atoms with E-state index in [1.54, 1.807) is 18.2 Å². The molecule has 1 aromatic rings. The molecule has 2 unspecified atom stereocenters. The third-order valence-electron chi connectivity index (χ3n) is 4.30. The first-order chi connectivity index (χ1) is 8.57. The minimum atomic E-state index is -0.301. The standard InChI is InChI=1S/C15H21ClFN/c1-2-12-7-3-4-9-15(12,18)10-11-6-5-8-13(16)14(11)17/h5-6,8,12H,2-4,7,9-10,18H2,1H3. The third kappa shape index (κ3) is 2.70. The predicted molar refractivity (Wildman–Crippen MR) is 74.3 cm³/mol. The second-order valence-corrected chi connectivity index (χ2v) is 5.88. The second kappa shape index (κ2) is 5.58. The summed E-state index contributed by atoms with van der Waals surface area (Å²) in [6.45, 7) is 2.17. The van der Waals surface area contributed by atoms with Gasteiger partial charge in [0, 0.05) is 5.54 Å². The van der Waals surface area contributed by atoms with Gasteiger partial charge in [0.25, 0.3) is 0 Å². The van der Waals surface area contributed by atoms with Crippen LogP contribution in [0.25, 0.3) is 0 Å². The molecule has 2 N–H and O–H groups in total. The van der Waals surface area contributed by atoms with Gasteiger partial charge >= 0.3 is 0 Å². The van der Waals surface area contributed by atoms with Crippen molar-refractivity contribution >= 4 is 11.6 Å². The average molecular weight is 270 g/mol. The highest BCUT2D eigenvalue weighted by atomic mass is 35.5. The van der Waals surface area contributed by atoms with Crippen LogP contribution < -0.4 is 5.73 Å². The van der Waals surface area contributed by atoms with Gasteiger partial charge in [0.1, 0.15) is 5.82 Å². The van der Waals surface area contributed by atoms with Crippen molar-refractivity contribution in [2.45, 2.75) is 51.0 Å². The maximum Gasteiger partial charge on any atom is 0.145 e. The first-order valence-corrected chi connectivity index (χ1v) is 7.16. The van der Waals surface area contributed by atoms with E-state index in [1.807, 2.05) is 0 Å². The lowest BCUT2D eigenvalue weighted by Crippen LogP contribution is -2.51. The van der Waals surface area contributed by atoms with Crippen LogP contribution in [0.15, 0.2) is 18.2 Å². The van der Waals surface area contributed by atoms with E-state index in [0.717, 1.165) is 25.7 Å². The van der Waals surface area contributed by atoms with Crippen LogP contribution >= 0.6 is 11.6 Å². The molecular formula is C15H21ClFN. The van der Waals surface area contributed by atoms with Crippen LogP contribution in [0, 0.1) is 11.7 Å². The van der Waals surface area contributed by atoms with E-state index in [9.17, 15) is 4.39 Å². The van der Waals surface area contributed by atoms with Crippen LogP contribution in [-0.4, -0.2) is 5.54 Å². The topological polar surface area (TPSA) is 26.0 Å². The van der Waals surface area contributed by atoms with E-state index in [-0.39, 0.29) is 16.4 Å². The number of hydrogen-bond donors (Lipinski definition) is 1. The van der Waals surface area contributed by atoms with E-state index in [4.69, 9.17) is 17.3 Å². The molecule has 0 aliphatic heterocycles. The van der Waals surface area contributed by atoms with Crippen molar-refractivity contribution in [3.05, 3.63) is 34.6 Å². The Morgan fingerprint density at radius 3 is 2.94 bits per heavy atom. The summed E-state index contributed by atoms with van der Waals surface area (Å²) in [5.74, 6) is 0.189. The number of nitrogens with two attached hydrogens (primary N) is 1. The molecule has 100 valence electrons. The largest absolute Gasteiger partial charge is 0.325 e. The fraction of sp³-hybridized carbons (Fsp3) is 0.600. The molecule has 2 atom stereocenters. The van der Waals surface area contributed by atoms with Gasteiger partial charge < -0.3 is 5.73 Å². The van der Waals surface area contributed by atoms with Gasteiger partial charge in [-0.25, -0.2) is 4.39 Å². The Labute approximate surface area is 114 Å². The quantitative estimate of drug-likeness (QED) is 0.869. The van der Waals surface area contributed by atoms with Gasteiger partial charge in [-0.2, -0.15) is 0 Å². The van der Waals surface area contributed by atoms with Crippen molar-refractivity contribution in [2.75, 3.05) is 0 Å². The number of rotatable bonds is 3. The molecular weight excluding hydrogens is 249 g/mol. The molecule has 1 aromatic carbocycles. The highest BCUT2D eigenvalue weighted by molar-refractivity contribution is 6.30. The van der Waals surface area contributed by atoms with E-state index in [1.165, 1.54) is 6.42 Å². The number of benzene rings is 1. The summed E-state index contributed by atoms with van der Waals surface area (Å²) in [6.07, 6.45) is 6.20. The zero-order valence-electron chi connectivity index (χ0n) is 10.9. The van der Waals surface area contributed by atoms with Gasteiger partial charge in [-0.3, -0.25) is 0 Å². The summed E-state index contributed by atoms with van der Waals surface area (Å²) in [5, 5.41) is 0.194. The van der Waals surface area contributed by atoms with Gasteiger partial charge in [0.15, 0.2) is 0 Å². The molecule has 0 saturated heterocycles. The molecule has 1 fully saturated rings. The SMILES string of the molecule is CCC1CCCCC1(N)Cc1cccc(Cl)c1F. The monoisotopic (exact) mass is 269 g/mol. The first-order valence-electron chi connectivity index (χ1n) is 6.78. The van der Waals surface area contributed by atoms with Crippen molar-refractivity contribution in [1.29, 1.82) is 0 Å². The fourth-order valence-electron chi connectivity index (χ4n) is 3.22. The van der Waals surface area contributed by atoms with E-state index < -0.39 is 0 Å². The molecule has 1 aliphatic carbocycles. The highest BCUT2D eigenvalue weighted by Crippen LogP contribution is 2.37. The Hall–Kier alpha value is -0.600. The minimum absolute atomic E-state index is 0.194. The van der Waals surface area contributed by atoms with Crippen LogP contribution in [0.4, 0.5) is 4.39 Å². The summed E-state index contributed by atoms with van der Waals surface area (Å²) in [4.78, 5) is 0. The molecule has 2 rings (SSSR count). The second-order valence-electron chi connectivity index (χ2n) is 5.47. The molecule has 0 amide bonds. The van der Waals surface area contributed by atoms with E-state index in [0.29, 0.717) is 17.9 Å². The molecule has 0 bridgehead atoms. The maximum absolute atomic E-state index is 14.0. The zero-order chi connectivity index (χ0) is 13.2. The average Bonchev–Trinajstić information content (AvgIpc) is 2.35. The first kappa shape index (κ1) is 13.8. The summed E-state index contributed by atoms with van der Waals surface area (Å²) in [7, 11) is 0. The Bertz CT molecular complexity index is 421. The highest BCUT2D eigenvalue weighted by Gasteiger charge is 2.36. The predicted octanol–water partition coefficient (Wildman–Crippen LogP) is 4.32. The molecule has 0 spiro atoms. The summed E-state index contributed by atoms with van der Waals surface area (Å²) in [6, 6.07) is 5.19. The normalized spacial score (nSPS) is 28.3. The lowest BCUT2D eigenvalue weighted by molar-refractivity contribution is 0.181. The molecule has 18 heavy (non-hydrogen) atoms. The molecule has 3 heteroatoms. The molecule has 0 aromatic heterocycles. The zero-order valence-corrected chi connectivity index (χ0v) is 11.6. The molecule has 1 nitrogen and oxygen atoms in total. The van der Waals surface area contributed by atoms with Crippen molar-refractivity contribution in [3.8, 4) is 0 Å². The smallest absolute Gasteiger partial charge is 0.145 e. The molecule has 1 saturated carbocycles. The van der Waals surface area contributed by atoms with Gasteiger partial charge in [0.05, 0.1) is 5.02 Å². The number of halogens is 2. The molecule has 1 aliphatic rings. The van der Waals surface area contributed by atoms with Crippen molar-refractivity contribution in [3.63, 3.8) is 0 Å². The van der Waals surface area contributed by atoms with Gasteiger partial charge in [0.2, 0.25) is 0 Å². The Kier molecular flexibility index (Phi) is 4.29. The van der Waals surface area contributed by atoms with E-state index in [2.05, 4.69) is 6.92 Å². The van der Waals surface area contributed by atoms with Gasteiger partial charge in [-0.1, -0.05) is 49.9 Å². The van der Waals surface area contributed by atoms with Crippen LogP contribution in [0.5, 0.6) is 0 Å². The van der Waals surface area contributed by atoms with Gasteiger partial charge in [-0.05, 0) is 36.8 Å². The Morgan fingerprint density at radius 2 is 2.22 bits per heavy atom. The van der Waals surface area contributed by atoms with Crippen LogP contribution in [0.1, 0.15) is 44.6 Å². The van der Waals surface area contributed by atoms with Crippen LogP contribution in [0.2, 0.25) is 5.02 Å². The molecule has 0 heterocycles. The summed E-state index contributed by atoms with van der Waals surface area (Å²) in [5.41, 5.74) is 6.95. The maximum atomic E-state index is 14.0. The third-order valence-corrected chi connectivity index (χ3v) is 4.59. The minimum Gasteiger partial charge on any atom is -0.325 e. The lowest BCUT2D eigenvalue weighted by atomic mass is 9.69. The summed E-state index contributed by atoms with van der Waals surface area (Å²) >= 11 is 5.83. The Balaban J connectivity index is 2.23.